The number of ether oxygens (including phenoxy) is 2. The maximum Gasteiger partial charge on any atom is 0.405 e. The number of hydrogen-bond acceptors (Lipinski definition) is 5. The second-order valence-corrected chi connectivity index (χ2v) is 6.96. The van der Waals surface area contributed by atoms with E-state index in [0.717, 1.165) is 25.7 Å². The Morgan fingerprint density at radius 1 is 1.10 bits per heavy atom. The third-order valence-corrected chi connectivity index (χ3v) is 4.30. The molecule has 1 amide bonds. The molecule has 0 aliphatic carbocycles. The normalized spacial score (nSPS) is 11.4. The standard InChI is InChI=1S/C20H24ClF3N2O4/c1-3-5-7-28-16-11-18(29-8-6-4-2)14(21)9-13(16)17-10-15(26-30-17)19(27)25-12-20(22,23)24/h9-11H,3-8,12H2,1-2H3,(H,25,27). The number of rotatable bonds is 11. The lowest BCUT2D eigenvalue weighted by atomic mass is 10.1. The molecule has 1 heterocycles. The summed E-state index contributed by atoms with van der Waals surface area (Å²) in [4.78, 5) is 11.9. The molecule has 0 aliphatic heterocycles. The molecule has 0 unspecified atom stereocenters. The van der Waals surface area contributed by atoms with Crippen LogP contribution in [0.15, 0.2) is 22.7 Å². The van der Waals surface area contributed by atoms with Crippen molar-refractivity contribution in [3.63, 3.8) is 0 Å². The van der Waals surface area contributed by atoms with E-state index in [-0.39, 0.29) is 11.5 Å². The molecule has 10 heteroatoms. The van der Waals surface area contributed by atoms with Crippen LogP contribution in [0.2, 0.25) is 5.02 Å². The summed E-state index contributed by atoms with van der Waals surface area (Å²) in [6, 6.07) is 4.43. The fourth-order valence-corrected chi connectivity index (χ4v) is 2.61. The first-order chi connectivity index (χ1) is 14.2. The van der Waals surface area contributed by atoms with Crippen LogP contribution < -0.4 is 14.8 Å². The quantitative estimate of drug-likeness (QED) is 0.450. The summed E-state index contributed by atoms with van der Waals surface area (Å²) >= 11 is 6.31. The molecule has 0 radical (unpaired) electrons. The van der Waals surface area contributed by atoms with Crippen LogP contribution in [0, 0.1) is 0 Å². The summed E-state index contributed by atoms with van der Waals surface area (Å²) in [5, 5.41) is 5.61. The number of nitrogens with zero attached hydrogens (tertiary/aromatic N) is 1. The zero-order valence-corrected chi connectivity index (χ0v) is 17.5. The fourth-order valence-electron chi connectivity index (χ4n) is 2.39. The van der Waals surface area contributed by atoms with Gasteiger partial charge in [-0.15, -0.1) is 0 Å². The van der Waals surface area contributed by atoms with Gasteiger partial charge in [0.15, 0.2) is 11.5 Å². The van der Waals surface area contributed by atoms with Crippen LogP contribution >= 0.6 is 11.6 Å². The lowest BCUT2D eigenvalue weighted by molar-refractivity contribution is -0.123. The number of halogens is 4. The molecule has 30 heavy (non-hydrogen) atoms. The highest BCUT2D eigenvalue weighted by Gasteiger charge is 2.29. The average Bonchev–Trinajstić information content (AvgIpc) is 3.18. The number of alkyl halides is 3. The van der Waals surface area contributed by atoms with Gasteiger partial charge in [0, 0.05) is 12.1 Å². The van der Waals surface area contributed by atoms with Crippen LogP contribution in [0.1, 0.15) is 50.0 Å². The molecule has 1 aromatic heterocycles. The molecule has 1 N–H and O–H groups in total. The van der Waals surface area contributed by atoms with Crippen molar-refractivity contribution in [1.82, 2.24) is 10.5 Å². The smallest absolute Gasteiger partial charge is 0.405 e. The Morgan fingerprint density at radius 3 is 2.33 bits per heavy atom. The Labute approximate surface area is 177 Å². The van der Waals surface area contributed by atoms with Crippen molar-refractivity contribution in [3.8, 4) is 22.8 Å². The molecule has 6 nitrogen and oxygen atoms in total. The van der Waals surface area contributed by atoms with Crippen LogP contribution in [0.25, 0.3) is 11.3 Å². The van der Waals surface area contributed by atoms with Crippen LogP contribution in [0.5, 0.6) is 11.5 Å². The molecule has 1 aromatic carbocycles. The molecule has 2 aromatic rings. The zero-order chi connectivity index (χ0) is 22.1. The van der Waals surface area contributed by atoms with E-state index in [1.54, 1.807) is 17.4 Å². The topological polar surface area (TPSA) is 73.6 Å². The average molecular weight is 449 g/mol. The van der Waals surface area contributed by atoms with Crippen molar-refractivity contribution in [3.05, 3.63) is 28.9 Å². The van der Waals surface area contributed by atoms with Crippen molar-refractivity contribution in [2.45, 2.75) is 45.7 Å². The molecule has 0 saturated carbocycles. The van der Waals surface area contributed by atoms with Gasteiger partial charge in [-0.2, -0.15) is 13.2 Å². The number of hydrogen-bond donors (Lipinski definition) is 1. The monoisotopic (exact) mass is 448 g/mol. The summed E-state index contributed by atoms with van der Waals surface area (Å²) < 4.78 is 53.6. The van der Waals surface area contributed by atoms with Crippen molar-refractivity contribution in [2.24, 2.45) is 0 Å². The van der Waals surface area contributed by atoms with Gasteiger partial charge in [-0.25, -0.2) is 0 Å². The molecule has 0 atom stereocenters. The van der Waals surface area contributed by atoms with Crippen LogP contribution in [0.3, 0.4) is 0 Å². The van der Waals surface area contributed by atoms with E-state index in [1.807, 2.05) is 13.8 Å². The summed E-state index contributed by atoms with van der Waals surface area (Å²) in [7, 11) is 0. The Bertz CT molecular complexity index is 840. The Hall–Kier alpha value is -2.42. The first-order valence-electron chi connectivity index (χ1n) is 9.66. The Kier molecular flexibility index (Phi) is 8.83. The highest BCUT2D eigenvalue weighted by molar-refractivity contribution is 6.32. The number of unbranched alkanes of at least 4 members (excludes halogenated alkanes) is 2. The lowest BCUT2D eigenvalue weighted by Crippen LogP contribution is -2.33. The minimum atomic E-state index is -4.52. The molecular weight excluding hydrogens is 425 g/mol. The van der Waals surface area contributed by atoms with Gasteiger partial charge < -0.3 is 19.3 Å². The van der Waals surface area contributed by atoms with Gasteiger partial charge in [0.2, 0.25) is 0 Å². The summed E-state index contributed by atoms with van der Waals surface area (Å²) in [5.74, 6) is 0.00262. The number of benzene rings is 1. The van der Waals surface area contributed by atoms with E-state index in [9.17, 15) is 18.0 Å². The van der Waals surface area contributed by atoms with E-state index in [4.69, 9.17) is 25.6 Å². The number of carbonyl (C=O) groups is 1. The first kappa shape index (κ1) is 23.9. The van der Waals surface area contributed by atoms with Gasteiger partial charge in [0.05, 0.1) is 23.8 Å². The third-order valence-electron chi connectivity index (χ3n) is 4.00. The van der Waals surface area contributed by atoms with Crippen LogP contribution in [0.4, 0.5) is 13.2 Å². The predicted octanol–water partition coefficient (Wildman–Crippen LogP) is 5.64. The van der Waals surface area contributed by atoms with Gasteiger partial charge in [-0.1, -0.05) is 43.4 Å². The van der Waals surface area contributed by atoms with Crippen molar-refractivity contribution in [2.75, 3.05) is 19.8 Å². The van der Waals surface area contributed by atoms with Gasteiger partial charge in [0.1, 0.15) is 18.0 Å². The minimum absolute atomic E-state index is 0.140. The van der Waals surface area contributed by atoms with Gasteiger partial charge in [-0.05, 0) is 18.9 Å². The first-order valence-corrected chi connectivity index (χ1v) is 10.0. The zero-order valence-electron chi connectivity index (χ0n) is 16.8. The summed E-state index contributed by atoms with van der Waals surface area (Å²) in [6.07, 6.45) is -0.955. The Balaban J connectivity index is 2.26. The van der Waals surface area contributed by atoms with Crippen LogP contribution in [-0.2, 0) is 0 Å². The fraction of sp³-hybridized carbons (Fsp3) is 0.500. The molecule has 2 rings (SSSR count). The number of nitrogens with one attached hydrogen (secondary N) is 1. The number of carbonyl (C=O) groups excluding carboxylic acids is 1. The van der Waals surface area contributed by atoms with E-state index in [1.165, 1.54) is 6.07 Å². The molecule has 0 fully saturated rings. The van der Waals surface area contributed by atoms with Gasteiger partial charge >= 0.3 is 6.18 Å². The summed E-state index contributed by atoms with van der Waals surface area (Å²) in [6.45, 7) is 3.53. The SMILES string of the molecule is CCCCOc1cc(OCCCC)c(-c2cc(C(=O)NCC(F)(F)F)no2)cc1Cl. The maximum absolute atomic E-state index is 12.3. The van der Waals surface area contributed by atoms with E-state index < -0.39 is 18.6 Å². The van der Waals surface area contributed by atoms with E-state index >= 15 is 0 Å². The molecular formula is C20H24ClF3N2O4. The predicted molar refractivity (Wildman–Crippen MR) is 106 cm³/mol. The molecule has 0 saturated heterocycles. The van der Waals surface area contributed by atoms with E-state index in [0.29, 0.717) is 35.3 Å². The second-order valence-electron chi connectivity index (χ2n) is 6.56. The van der Waals surface area contributed by atoms with Crippen molar-refractivity contribution < 1.29 is 32.0 Å². The van der Waals surface area contributed by atoms with E-state index in [2.05, 4.69) is 5.16 Å². The summed E-state index contributed by atoms with van der Waals surface area (Å²) in [5.41, 5.74) is 0.134. The van der Waals surface area contributed by atoms with Crippen LogP contribution in [-0.4, -0.2) is 37.0 Å². The maximum atomic E-state index is 12.3. The Morgan fingerprint density at radius 2 is 1.73 bits per heavy atom. The molecule has 0 bridgehead atoms. The molecule has 166 valence electrons. The largest absolute Gasteiger partial charge is 0.493 e. The van der Waals surface area contributed by atoms with Gasteiger partial charge in [-0.3, -0.25) is 4.79 Å². The van der Waals surface area contributed by atoms with Crippen molar-refractivity contribution in [1.29, 1.82) is 0 Å². The number of amides is 1. The molecule has 0 spiro atoms. The molecule has 0 aliphatic rings. The number of aromatic nitrogens is 1. The lowest BCUT2D eigenvalue weighted by Gasteiger charge is -2.14. The highest BCUT2D eigenvalue weighted by Crippen LogP contribution is 2.39. The van der Waals surface area contributed by atoms with Gasteiger partial charge in [0.25, 0.3) is 5.91 Å². The minimum Gasteiger partial charge on any atom is -0.493 e. The second kappa shape index (κ2) is 11.1. The third kappa shape index (κ3) is 7.12. The van der Waals surface area contributed by atoms with Crippen molar-refractivity contribution >= 4 is 17.5 Å². The highest BCUT2D eigenvalue weighted by atomic mass is 35.5.